The zero-order valence-electron chi connectivity index (χ0n) is 11.2. The van der Waals surface area contributed by atoms with Crippen molar-refractivity contribution in [1.82, 2.24) is 5.32 Å². The van der Waals surface area contributed by atoms with E-state index in [9.17, 15) is 4.79 Å². The summed E-state index contributed by atoms with van der Waals surface area (Å²) in [6.45, 7) is 0.447. The Morgan fingerprint density at radius 3 is 2.40 bits per heavy atom. The summed E-state index contributed by atoms with van der Waals surface area (Å²) in [6.07, 6.45) is -0.594. The van der Waals surface area contributed by atoms with Crippen LogP contribution in [0.4, 0.5) is 0 Å². The van der Waals surface area contributed by atoms with Crippen molar-refractivity contribution in [2.45, 2.75) is 12.6 Å². The summed E-state index contributed by atoms with van der Waals surface area (Å²) in [5.41, 5.74) is 1.83. The van der Waals surface area contributed by atoms with Gasteiger partial charge in [-0.3, -0.25) is 4.79 Å². The van der Waals surface area contributed by atoms with Gasteiger partial charge in [0.2, 0.25) is 0 Å². The highest BCUT2D eigenvalue weighted by molar-refractivity contribution is 6.30. The molecule has 0 heterocycles. The van der Waals surface area contributed by atoms with E-state index >= 15 is 0 Å². The monoisotopic (exact) mass is 289 g/mol. The molecular formula is C16H16ClNO2. The summed E-state index contributed by atoms with van der Waals surface area (Å²) >= 11 is 5.82. The summed E-state index contributed by atoms with van der Waals surface area (Å²) < 4.78 is 5.27. The van der Waals surface area contributed by atoms with Crippen molar-refractivity contribution in [3.8, 4) is 0 Å². The molecule has 1 unspecified atom stereocenters. The molecule has 2 aromatic rings. The third kappa shape index (κ3) is 3.83. The average molecular weight is 290 g/mol. The van der Waals surface area contributed by atoms with Gasteiger partial charge in [-0.1, -0.05) is 54.1 Å². The summed E-state index contributed by atoms with van der Waals surface area (Å²) in [5, 5.41) is 3.54. The smallest absolute Gasteiger partial charge is 0.254 e. The predicted octanol–water partition coefficient (Wildman–Crippen LogP) is 3.34. The molecule has 2 aromatic carbocycles. The van der Waals surface area contributed by atoms with Crippen molar-refractivity contribution in [1.29, 1.82) is 0 Å². The molecular weight excluding hydrogens is 274 g/mol. The van der Waals surface area contributed by atoms with E-state index in [2.05, 4.69) is 5.32 Å². The van der Waals surface area contributed by atoms with E-state index in [1.54, 1.807) is 12.1 Å². The van der Waals surface area contributed by atoms with Crippen LogP contribution >= 0.6 is 11.6 Å². The maximum absolute atomic E-state index is 12.2. The van der Waals surface area contributed by atoms with Crippen molar-refractivity contribution in [2.24, 2.45) is 0 Å². The van der Waals surface area contributed by atoms with Crippen LogP contribution in [0.25, 0.3) is 0 Å². The van der Waals surface area contributed by atoms with Crippen LogP contribution in [0.2, 0.25) is 5.02 Å². The number of halogens is 1. The van der Waals surface area contributed by atoms with Crippen molar-refractivity contribution < 1.29 is 9.53 Å². The van der Waals surface area contributed by atoms with Gasteiger partial charge in [-0.05, 0) is 23.3 Å². The number of benzene rings is 2. The second-order valence-electron chi connectivity index (χ2n) is 4.37. The number of methoxy groups -OCH3 is 1. The number of hydrogen-bond donors (Lipinski definition) is 1. The Morgan fingerprint density at radius 1 is 1.15 bits per heavy atom. The van der Waals surface area contributed by atoms with E-state index < -0.39 is 6.10 Å². The van der Waals surface area contributed by atoms with E-state index in [4.69, 9.17) is 16.3 Å². The largest absolute Gasteiger partial charge is 0.367 e. The van der Waals surface area contributed by atoms with Gasteiger partial charge in [0.25, 0.3) is 5.91 Å². The fourth-order valence-corrected chi connectivity index (χ4v) is 2.03. The highest BCUT2D eigenvalue weighted by atomic mass is 35.5. The lowest BCUT2D eigenvalue weighted by atomic mass is 10.1. The Balaban J connectivity index is 1.98. The van der Waals surface area contributed by atoms with E-state index in [-0.39, 0.29) is 5.91 Å². The van der Waals surface area contributed by atoms with Gasteiger partial charge in [0.05, 0.1) is 0 Å². The van der Waals surface area contributed by atoms with Gasteiger partial charge in [0.1, 0.15) is 0 Å². The SMILES string of the molecule is COC(C(=O)NCc1ccc(Cl)cc1)c1ccccc1. The molecule has 0 aromatic heterocycles. The van der Waals surface area contributed by atoms with E-state index in [0.717, 1.165) is 11.1 Å². The van der Waals surface area contributed by atoms with Gasteiger partial charge in [0, 0.05) is 18.7 Å². The quantitative estimate of drug-likeness (QED) is 0.917. The Kier molecular flexibility index (Phi) is 5.16. The van der Waals surface area contributed by atoms with Crippen molar-refractivity contribution in [3.63, 3.8) is 0 Å². The molecule has 0 bridgehead atoms. The first-order valence-electron chi connectivity index (χ1n) is 6.30. The second kappa shape index (κ2) is 7.08. The van der Waals surface area contributed by atoms with Gasteiger partial charge in [-0.2, -0.15) is 0 Å². The second-order valence-corrected chi connectivity index (χ2v) is 4.81. The van der Waals surface area contributed by atoms with E-state index in [1.165, 1.54) is 7.11 Å². The molecule has 0 aliphatic rings. The lowest BCUT2D eigenvalue weighted by Gasteiger charge is -2.15. The lowest BCUT2D eigenvalue weighted by Crippen LogP contribution is -2.29. The van der Waals surface area contributed by atoms with Crippen molar-refractivity contribution in [2.75, 3.05) is 7.11 Å². The van der Waals surface area contributed by atoms with Crippen LogP contribution in [0.5, 0.6) is 0 Å². The number of nitrogens with one attached hydrogen (secondary N) is 1. The topological polar surface area (TPSA) is 38.3 Å². The van der Waals surface area contributed by atoms with Gasteiger partial charge in [0.15, 0.2) is 6.10 Å². The van der Waals surface area contributed by atoms with Gasteiger partial charge >= 0.3 is 0 Å². The molecule has 0 radical (unpaired) electrons. The molecule has 0 saturated heterocycles. The first-order chi connectivity index (χ1) is 9.70. The summed E-state index contributed by atoms with van der Waals surface area (Å²) in [6, 6.07) is 16.8. The van der Waals surface area contributed by atoms with Crippen LogP contribution in [0, 0.1) is 0 Å². The van der Waals surface area contributed by atoms with Gasteiger partial charge < -0.3 is 10.1 Å². The normalized spacial score (nSPS) is 11.9. The fourth-order valence-electron chi connectivity index (χ4n) is 1.91. The third-order valence-electron chi connectivity index (χ3n) is 2.96. The minimum atomic E-state index is -0.594. The number of amides is 1. The average Bonchev–Trinajstić information content (AvgIpc) is 2.48. The summed E-state index contributed by atoms with van der Waals surface area (Å²) in [7, 11) is 1.53. The Morgan fingerprint density at radius 2 is 1.80 bits per heavy atom. The molecule has 4 heteroatoms. The molecule has 0 saturated carbocycles. The van der Waals surface area contributed by atoms with Crippen LogP contribution in [0.1, 0.15) is 17.2 Å². The zero-order chi connectivity index (χ0) is 14.4. The van der Waals surface area contributed by atoms with Crippen molar-refractivity contribution in [3.05, 3.63) is 70.7 Å². The molecule has 20 heavy (non-hydrogen) atoms. The highest BCUT2D eigenvalue weighted by Crippen LogP contribution is 2.16. The van der Waals surface area contributed by atoms with Crippen LogP contribution < -0.4 is 5.32 Å². The Hall–Kier alpha value is -1.84. The lowest BCUT2D eigenvalue weighted by molar-refractivity contribution is -0.131. The van der Waals surface area contributed by atoms with Crippen LogP contribution in [0.15, 0.2) is 54.6 Å². The maximum Gasteiger partial charge on any atom is 0.254 e. The van der Waals surface area contributed by atoms with Gasteiger partial charge in [-0.25, -0.2) is 0 Å². The molecule has 1 atom stereocenters. The summed E-state index contributed by atoms with van der Waals surface area (Å²) in [5.74, 6) is -0.159. The molecule has 1 N–H and O–H groups in total. The number of carbonyl (C=O) groups excluding carboxylic acids is 1. The fraction of sp³-hybridized carbons (Fsp3) is 0.188. The molecule has 0 aliphatic carbocycles. The molecule has 0 aliphatic heterocycles. The molecule has 0 fully saturated rings. The molecule has 104 valence electrons. The number of carbonyl (C=O) groups is 1. The predicted molar refractivity (Wildman–Crippen MR) is 79.5 cm³/mol. The first-order valence-corrected chi connectivity index (χ1v) is 6.68. The van der Waals surface area contributed by atoms with Crippen LogP contribution in [0.3, 0.4) is 0 Å². The van der Waals surface area contributed by atoms with E-state index in [1.807, 2.05) is 42.5 Å². The summed E-state index contributed by atoms with van der Waals surface area (Å²) in [4.78, 5) is 12.2. The van der Waals surface area contributed by atoms with Crippen LogP contribution in [-0.2, 0) is 16.1 Å². The molecule has 3 nitrogen and oxygen atoms in total. The number of hydrogen-bond acceptors (Lipinski definition) is 2. The molecule has 0 spiro atoms. The number of rotatable bonds is 5. The van der Waals surface area contributed by atoms with E-state index in [0.29, 0.717) is 11.6 Å². The molecule has 1 amide bonds. The maximum atomic E-state index is 12.2. The molecule has 2 rings (SSSR count). The Bertz CT molecular complexity index is 554. The minimum Gasteiger partial charge on any atom is -0.367 e. The third-order valence-corrected chi connectivity index (χ3v) is 3.21. The van der Waals surface area contributed by atoms with Crippen LogP contribution in [-0.4, -0.2) is 13.0 Å². The highest BCUT2D eigenvalue weighted by Gasteiger charge is 2.19. The minimum absolute atomic E-state index is 0.159. The first kappa shape index (κ1) is 14.6. The van der Waals surface area contributed by atoms with Gasteiger partial charge in [-0.15, -0.1) is 0 Å². The Labute approximate surface area is 123 Å². The zero-order valence-corrected chi connectivity index (χ0v) is 11.9. The standard InChI is InChI=1S/C16H16ClNO2/c1-20-15(13-5-3-2-4-6-13)16(19)18-11-12-7-9-14(17)10-8-12/h2-10,15H,11H2,1H3,(H,18,19). The number of ether oxygens (including phenoxy) is 1. The van der Waals surface area contributed by atoms with Crippen molar-refractivity contribution >= 4 is 17.5 Å².